The maximum absolute atomic E-state index is 13.6. The Morgan fingerprint density at radius 3 is 2.50 bits per heavy atom. The van der Waals surface area contributed by atoms with Gasteiger partial charge in [-0.2, -0.15) is 0 Å². The van der Waals surface area contributed by atoms with E-state index in [-0.39, 0.29) is 11.7 Å². The second kappa shape index (κ2) is 9.85. The Bertz CT molecular complexity index is 730. The molecular formula is C20H27FN4O. The molecule has 6 heteroatoms. The number of amides is 1. The number of carbonyl (C=O) groups excluding carboxylic acids is 1. The van der Waals surface area contributed by atoms with Crippen molar-refractivity contribution in [2.75, 3.05) is 24.5 Å². The Hall–Kier alpha value is -2.50. The van der Waals surface area contributed by atoms with Crippen LogP contribution >= 0.6 is 0 Å². The Morgan fingerprint density at radius 2 is 1.85 bits per heavy atom. The zero-order valence-corrected chi connectivity index (χ0v) is 15.8. The van der Waals surface area contributed by atoms with Gasteiger partial charge in [0.25, 0.3) is 5.91 Å². The van der Waals surface area contributed by atoms with Crippen LogP contribution in [0.25, 0.3) is 0 Å². The van der Waals surface area contributed by atoms with Gasteiger partial charge in [0.15, 0.2) is 0 Å². The summed E-state index contributed by atoms with van der Waals surface area (Å²) in [6.07, 6.45) is 2.41. The number of anilines is 1. The molecule has 0 saturated heterocycles. The van der Waals surface area contributed by atoms with Crippen LogP contribution in [0.15, 0.2) is 30.3 Å². The smallest absolute Gasteiger partial charge is 0.270 e. The summed E-state index contributed by atoms with van der Waals surface area (Å²) >= 11 is 0. The fraction of sp³-hybridized carbons (Fsp3) is 0.450. The topological polar surface area (TPSA) is 58.1 Å². The van der Waals surface area contributed by atoms with Gasteiger partial charge in [-0.05, 0) is 43.9 Å². The summed E-state index contributed by atoms with van der Waals surface area (Å²) in [5.74, 6) is 0.0747. The standard InChI is InChI=1S/C20H27FN4O/c1-4-12-25(13-5-2)20-23-15(3)14-18(24-20)19(26)22-11-10-16-8-6-7-9-17(16)21/h6-9,14H,4-5,10-13H2,1-3H3,(H,22,26). The van der Waals surface area contributed by atoms with E-state index in [1.54, 1.807) is 24.3 Å². The van der Waals surface area contributed by atoms with Gasteiger partial charge in [-0.1, -0.05) is 32.0 Å². The molecule has 5 nitrogen and oxygen atoms in total. The fourth-order valence-corrected chi connectivity index (χ4v) is 2.76. The predicted octanol–water partition coefficient (Wildman–Crippen LogP) is 3.52. The quantitative estimate of drug-likeness (QED) is 0.745. The third-order valence-corrected chi connectivity index (χ3v) is 3.98. The number of benzene rings is 1. The number of hydrogen-bond donors (Lipinski definition) is 1. The van der Waals surface area contributed by atoms with Crippen molar-refractivity contribution in [3.8, 4) is 0 Å². The zero-order chi connectivity index (χ0) is 18.9. The lowest BCUT2D eigenvalue weighted by Gasteiger charge is -2.22. The van der Waals surface area contributed by atoms with Crippen LogP contribution in [0.4, 0.5) is 10.3 Å². The van der Waals surface area contributed by atoms with Crippen molar-refractivity contribution in [3.05, 3.63) is 53.1 Å². The van der Waals surface area contributed by atoms with Gasteiger partial charge >= 0.3 is 0 Å². The second-order valence-electron chi connectivity index (χ2n) is 6.28. The van der Waals surface area contributed by atoms with E-state index in [2.05, 4.69) is 34.0 Å². The maximum Gasteiger partial charge on any atom is 0.270 e. The van der Waals surface area contributed by atoms with Crippen molar-refractivity contribution in [2.45, 2.75) is 40.0 Å². The molecule has 0 radical (unpaired) electrons. The Kier molecular flexibility index (Phi) is 7.51. The monoisotopic (exact) mass is 358 g/mol. The number of aromatic nitrogens is 2. The molecule has 0 fully saturated rings. The summed E-state index contributed by atoms with van der Waals surface area (Å²) in [7, 11) is 0. The van der Waals surface area contributed by atoms with E-state index in [0.29, 0.717) is 30.2 Å². The van der Waals surface area contributed by atoms with Crippen LogP contribution in [-0.2, 0) is 6.42 Å². The summed E-state index contributed by atoms with van der Waals surface area (Å²) in [4.78, 5) is 23.5. The van der Waals surface area contributed by atoms with E-state index in [1.807, 2.05) is 6.92 Å². The molecule has 0 bridgehead atoms. The van der Waals surface area contributed by atoms with E-state index in [9.17, 15) is 9.18 Å². The molecule has 2 aromatic rings. The largest absolute Gasteiger partial charge is 0.350 e. The van der Waals surface area contributed by atoms with E-state index >= 15 is 0 Å². The van der Waals surface area contributed by atoms with Gasteiger partial charge < -0.3 is 10.2 Å². The van der Waals surface area contributed by atoms with E-state index < -0.39 is 0 Å². The van der Waals surface area contributed by atoms with Gasteiger partial charge in [-0.15, -0.1) is 0 Å². The SMILES string of the molecule is CCCN(CCC)c1nc(C)cc(C(=O)NCCc2ccccc2F)n1. The van der Waals surface area contributed by atoms with Crippen molar-refractivity contribution < 1.29 is 9.18 Å². The number of nitrogens with zero attached hydrogens (tertiary/aromatic N) is 3. The summed E-state index contributed by atoms with van der Waals surface area (Å²) in [6.45, 7) is 8.13. The van der Waals surface area contributed by atoms with Crippen LogP contribution in [0, 0.1) is 12.7 Å². The molecule has 0 aliphatic rings. The van der Waals surface area contributed by atoms with Crippen LogP contribution < -0.4 is 10.2 Å². The highest BCUT2D eigenvalue weighted by Crippen LogP contribution is 2.12. The third kappa shape index (κ3) is 5.51. The summed E-state index contributed by atoms with van der Waals surface area (Å²) in [5, 5.41) is 2.82. The first-order valence-corrected chi connectivity index (χ1v) is 9.17. The van der Waals surface area contributed by atoms with Crippen molar-refractivity contribution >= 4 is 11.9 Å². The molecule has 2 rings (SSSR count). The maximum atomic E-state index is 13.6. The molecule has 0 spiro atoms. The minimum Gasteiger partial charge on any atom is -0.350 e. The Balaban J connectivity index is 2.05. The molecule has 1 amide bonds. The van der Waals surface area contributed by atoms with Crippen LogP contribution in [0.2, 0.25) is 0 Å². The van der Waals surface area contributed by atoms with Gasteiger partial charge in [-0.3, -0.25) is 4.79 Å². The summed E-state index contributed by atoms with van der Waals surface area (Å²) < 4.78 is 13.6. The van der Waals surface area contributed by atoms with Gasteiger partial charge in [0.1, 0.15) is 11.5 Å². The van der Waals surface area contributed by atoms with E-state index in [0.717, 1.165) is 31.6 Å². The average Bonchev–Trinajstić information content (AvgIpc) is 2.62. The predicted molar refractivity (Wildman–Crippen MR) is 102 cm³/mol. The molecule has 0 aliphatic heterocycles. The Morgan fingerprint density at radius 1 is 1.15 bits per heavy atom. The number of halogens is 1. The fourth-order valence-electron chi connectivity index (χ4n) is 2.76. The van der Waals surface area contributed by atoms with Crippen molar-refractivity contribution in [3.63, 3.8) is 0 Å². The van der Waals surface area contributed by atoms with Crippen molar-refractivity contribution in [2.24, 2.45) is 0 Å². The zero-order valence-electron chi connectivity index (χ0n) is 15.8. The van der Waals surface area contributed by atoms with E-state index in [1.165, 1.54) is 6.07 Å². The first-order valence-electron chi connectivity index (χ1n) is 9.17. The summed E-state index contributed by atoms with van der Waals surface area (Å²) in [6, 6.07) is 8.27. The van der Waals surface area contributed by atoms with Crippen molar-refractivity contribution in [1.82, 2.24) is 15.3 Å². The second-order valence-corrected chi connectivity index (χ2v) is 6.28. The van der Waals surface area contributed by atoms with Crippen molar-refractivity contribution in [1.29, 1.82) is 0 Å². The number of nitrogens with one attached hydrogen (secondary N) is 1. The van der Waals surface area contributed by atoms with Gasteiger partial charge in [0.05, 0.1) is 0 Å². The first kappa shape index (κ1) is 19.8. The molecule has 1 aromatic heterocycles. The van der Waals surface area contributed by atoms with Crippen LogP contribution in [0.3, 0.4) is 0 Å². The Labute approximate surface area is 154 Å². The molecule has 1 aromatic carbocycles. The number of aryl methyl sites for hydroxylation is 1. The number of rotatable bonds is 9. The number of carbonyl (C=O) groups is 1. The molecule has 1 heterocycles. The van der Waals surface area contributed by atoms with Gasteiger partial charge in [0.2, 0.25) is 5.95 Å². The molecule has 0 unspecified atom stereocenters. The average molecular weight is 358 g/mol. The molecule has 1 N–H and O–H groups in total. The minimum atomic E-state index is -0.263. The highest BCUT2D eigenvalue weighted by molar-refractivity contribution is 5.92. The van der Waals surface area contributed by atoms with Crippen LogP contribution in [-0.4, -0.2) is 35.5 Å². The molecular weight excluding hydrogens is 331 g/mol. The minimum absolute atomic E-state index is 0.253. The van der Waals surface area contributed by atoms with E-state index in [4.69, 9.17) is 0 Å². The number of hydrogen-bond acceptors (Lipinski definition) is 4. The molecule has 26 heavy (non-hydrogen) atoms. The highest BCUT2D eigenvalue weighted by Gasteiger charge is 2.14. The third-order valence-electron chi connectivity index (χ3n) is 3.98. The van der Waals surface area contributed by atoms with Crippen LogP contribution in [0.1, 0.15) is 48.4 Å². The molecule has 0 aliphatic carbocycles. The first-order chi connectivity index (χ1) is 12.5. The lowest BCUT2D eigenvalue weighted by molar-refractivity contribution is 0.0949. The lowest BCUT2D eigenvalue weighted by atomic mass is 10.1. The lowest BCUT2D eigenvalue weighted by Crippen LogP contribution is -2.30. The highest BCUT2D eigenvalue weighted by atomic mass is 19.1. The molecule has 0 saturated carbocycles. The molecule has 0 atom stereocenters. The summed E-state index contributed by atoms with van der Waals surface area (Å²) in [5.41, 5.74) is 1.69. The van der Waals surface area contributed by atoms with Crippen LogP contribution in [0.5, 0.6) is 0 Å². The van der Waals surface area contributed by atoms with Gasteiger partial charge in [0, 0.05) is 25.3 Å². The van der Waals surface area contributed by atoms with Gasteiger partial charge in [-0.25, -0.2) is 14.4 Å². The molecule has 140 valence electrons. The normalized spacial score (nSPS) is 10.6.